The normalized spacial score (nSPS) is 10.3. The summed E-state index contributed by atoms with van der Waals surface area (Å²) in [5.41, 5.74) is 1.52. The Balaban J connectivity index is 2.09. The van der Waals surface area contributed by atoms with E-state index in [4.69, 9.17) is 11.6 Å². The fourth-order valence-electron chi connectivity index (χ4n) is 1.93. The monoisotopic (exact) mass is 298 g/mol. The number of hydrogen-bond acceptors (Lipinski definition) is 4. The average molecular weight is 299 g/mol. The van der Waals surface area contributed by atoms with E-state index in [1.807, 2.05) is 12.1 Å². The standard InChI is InChI=1S/C15H8ClFN4/c16-11-2-1-3-12(6-11)20-15-10(7-18)4-9-5-14(17)19-8-13(9)21-15/h1-6,8H,(H,20,21). The molecule has 0 amide bonds. The second kappa shape index (κ2) is 5.35. The molecule has 0 spiro atoms. The van der Waals surface area contributed by atoms with Crippen molar-refractivity contribution >= 4 is 34.0 Å². The van der Waals surface area contributed by atoms with E-state index in [1.54, 1.807) is 24.3 Å². The van der Waals surface area contributed by atoms with Gasteiger partial charge in [-0.2, -0.15) is 9.65 Å². The molecule has 0 bridgehead atoms. The van der Waals surface area contributed by atoms with E-state index in [9.17, 15) is 9.65 Å². The lowest BCUT2D eigenvalue weighted by atomic mass is 10.2. The number of pyridine rings is 2. The first-order chi connectivity index (χ1) is 10.2. The highest BCUT2D eigenvalue weighted by Crippen LogP contribution is 2.24. The first-order valence-electron chi connectivity index (χ1n) is 6.05. The van der Waals surface area contributed by atoms with Crippen molar-refractivity contribution in [2.45, 2.75) is 0 Å². The quantitative estimate of drug-likeness (QED) is 0.725. The van der Waals surface area contributed by atoms with Crippen LogP contribution in [0.3, 0.4) is 0 Å². The van der Waals surface area contributed by atoms with Crippen LogP contribution in [-0.4, -0.2) is 9.97 Å². The summed E-state index contributed by atoms with van der Waals surface area (Å²) >= 11 is 5.92. The van der Waals surface area contributed by atoms with Crippen LogP contribution in [0.4, 0.5) is 15.9 Å². The zero-order valence-electron chi connectivity index (χ0n) is 10.6. The smallest absolute Gasteiger partial charge is 0.213 e. The Morgan fingerprint density at radius 3 is 2.86 bits per heavy atom. The maximum Gasteiger partial charge on any atom is 0.213 e. The molecule has 3 rings (SSSR count). The maximum atomic E-state index is 13.1. The fourth-order valence-corrected chi connectivity index (χ4v) is 2.12. The maximum absolute atomic E-state index is 13.1. The number of nitrogens with zero attached hydrogens (tertiary/aromatic N) is 3. The third kappa shape index (κ3) is 2.76. The molecule has 0 aliphatic heterocycles. The van der Waals surface area contributed by atoms with E-state index in [-0.39, 0.29) is 0 Å². The zero-order chi connectivity index (χ0) is 14.8. The van der Waals surface area contributed by atoms with E-state index in [0.717, 1.165) is 0 Å². The van der Waals surface area contributed by atoms with Crippen LogP contribution < -0.4 is 5.32 Å². The highest BCUT2D eigenvalue weighted by molar-refractivity contribution is 6.30. The Labute approximate surface area is 124 Å². The van der Waals surface area contributed by atoms with Crippen molar-refractivity contribution in [2.75, 3.05) is 5.32 Å². The minimum Gasteiger partial charge on any atom is -0.339 e. The van der Waals surface area contributed by atoms with E-state index >= 15 is 0 Å². The van der Waals surface area contributed by atoms with Gasteiger partial charge in [-0.3, -0.25) is 0 Å². The van der Waals surface area contributed by atoms with Gasteiger partial charge in [0.15, 0.2) is 0 Å². The van der Waals surface area contributed by atoms with Crippen molar-refractivity contribution in [3.05, 3.63) is 59.1 Å². The number of hydrogen-bond donors (Lipinski definition) is 1. The molecule has 3 aromatic rings. The largest absolute Gasteiger partial charge is 0.339 e. The summed E-state index contributed by atoms with van der Waals surface area (Å²) < 4.78 is 13.1. The van der Waals surface area contributed by atoms with Crippen LogP contribution in [0.15, 0.2) is 42.6 Å². The Hall–Kier alpha value is -2.71. The van der Waals surface area contributed by atoms with Crippen LogP contribution in [0.1, 0.15) is 5.56 Å². The Morgan fingerprint density at radius 2 is 2.10 bits per heavy atom. The number of aromatic nitrogens is 2. The minimum atomic E-state index is -0.608. The molecule has 21 heavy (non-hydrogen) atoms. The lowest BCUT2D eigenvalue weighted by molar-refractivity contribution is 0.586. The predicted octanol–water partition coefficient (Wildman–Crippen LogP) is 4.04. The molecule has 0 saturated carbocycles. The lowest BCUT2D eigenvalue weighted by Crippen LogP contribution is -1.98. The van der Waals surface area contributed by atoms with Gasteiger partial charge in [0, 0.05) is 22.2 Å². The zero-order valence-corrected chi connectivity index (χ0v) is 11.4. The van der Waals surface area contributed by atoms with Crippen molar-refractivity contribution in [3.63, 3.8) is 0 Å². The molecule has 0 saturated heterocycles. The summed E-state index contributed by atoms with van der Waals surface area (Å²) in [4.78, 5) is 7.87. The molecule has 0 radical (unpaired) electrons. The lowest BCUT2D eigenvalue weighted by Gasteiger charge is -2.09. The number of nitriles is 1. The molecule has 102 valence electrons. The molecular formula is C15H8ClFN4. The van der Waals surface area contributed by atoms with Crippen LogP contribution in [-0.2, 0) is 0 Å². The Bertz CT molecular complexity index is 873. The minimum absolute atomic E-state index is 0.313. The van der Waals surface area contributed by atoms with Gasteiger partial charge in [0.25, 0.3) is 0 Å². The van der Waals surface area contributed by atoms with Crippen molar-refractivity contribution in [1.82, 2.24) is 9.97 Å². The van der Waals surface area contributed by atoms with E-state index < -0.39 is 5.95 Å². The number of halogens is 2. The molecule has 0 atom stereocenters. The van der Waals surface area contributed by atoms with E-state index in [1.165, 1.54) is 12.3 Å². The van der Waals surface area contributed by atoms with E-state index in [0.29, 0.717) is 33.0 Å². The number of nitrogens with one attached hydrogen (secondary N) is 1. The number of anilines is 2. The van der Waals surface area contributed by atoms with Crippen molar-refractivity contribution in [3.8, 4) is 6.07 Å². The fraction of sp³-hybridized carbons (Fsp3) is 0. The van der Waals surface area contributed by atoms with Crippen LogP contribution in [0, 0.1) is 17.3 Å². The second-order valence-corrected chi connectivity index (χ2v) is 4.77. The molecule has 4 nitrogen and oxygen atoms in total. The highest BCUT2D eigenvalue weighted by atomic mass is 35.5. The summed E-state index contributed by atoms with van der Waals surface area (Å²) in [6, 6.07) is 11.9. The van der Waals surface area contributed by atoms with Crippen molar-refractivity contribution in [1.29, 1.82) is 5.26 Å². The molecule has 0 aliphatic rings. The molecule has 1 N–H and O–H groups in total. The molecule has 6 heteroatoms. The molecule has 0 aliphatic carbocycles. The molecule has 1 aromatic carbocycles. The Kier molecular flexibility index (Phi) is 3.38. The van der Waals surface area contributed by atoms with Gasteiger partial charge in [0.05, 0.1) is 17.3 Å². The van der Waals surface area contributed by atoms with Crippen LogP contribution in [0.25, 0.3) is 10.9 Å². The molecule has 0 fully saturated rings. The van der Waals surface area contributed by atoms with Gasteiger partial charge in [0.1, 0.15) is 11.9 Å². The Morgan fingerprint density at radius 1 is 1.24 bits per heavy atom. The van der Waals surface area contributed by atoms with Gasteiger partial charge >= 0.3 is 0 Å². The third-order valence-electron chi connectivity index (χ3n) is 2.88. The van der Waals surface area contributed by atoms with Crippen molar-refractivity contribution in [2.24, 2.45) is 0 Å². The van der Waals surface area contributed by atoms with E-state index in [2.05, 4.69) is 15.3 Å². The SMILES string of the molecule is N#Cc1cc2cc(F)ncc2nc1Nc1cccc(Cl)c1. The summed E-state index contributed by atoms with van der Waals surface area (Å²) in [6.07, 6.45) is 1.33. The first kappa shape index (κ1) is 13.3. The van der Waals surface area contributed by atoms with Crippen LogP contribution in [0.2, 0.25) is 5.02 Å². The van der Waals surface area contributed by atoms with Crippen molar-refractivity contribution < 1.29 is 4.39 Å². The average Bonchev–Trinajstić information content (AvgIpc) is 2.47. The topological polar surface area (TPSA) is 61.6 Å². The van der Waals surface area contributed by atoms with Gasteiger partial charge in [-0.25, -0.2) is 9.97 Å². The van der Waals surface area contributed by atoms with Gasteiger partial charge < -0.3 is 5.32 Å². The second-order valence-electron chi connectivity index (χ2n) is 4.33. The summed E-state index contributed by atoms with van der Waals surface area (Å²) in [5.74, 6) is -0.232. The number of rotatable bonds is 2. The van der Waals surface area contributed by atoms with Gasteiger partial charge in [-0.15, -0.1) is 0 Å². The van der Waals surface area contributed by atoms with Gasteiger partial charge in [0.2, 0.25) is 5.95 Å². The molecule has 0 unspecified atom stereocenters. The molecule has 2 aromatic heterocycles. The molecular weight excluding hydrogens is 291 g/mol. The summed E-state index contributed by atoms with van der Waals surface area (Å²) in [7, 11) is 0. The summed E-state index contributed by atoms with van der Waals surface area (Å²) in [5, 5.41) is 13.3. The molecule has 2 heterocycles. The third-order valence-corrected chi connectivity index (χ3v) is 3.11. The summed E-state index contributed by atoms with van der Waals surface area (Å²) in [6.45, 7) is 0. The van der Waals surface area contributed by atoms with Crippen LogP contribution >= 0.6 is 11.6 Å². The highest BCUT2D eigenvalue weighted by Gasteiger charge is 2.08. The predicted molar refractivity (Wildman–Crippen MR) is 78.9 cm³/mol. The van der Waals surface area contributed by atoms with Crippen LogP contribution in [0.5, 0.6) is 0 Å². The first-order valence-corrected chi connectivity index (χ1v) is 6.42. The number of fused-ring (bicyclic) bond motifs is 1. The number of benzene rings is 1. The van der Waals surface area contributed by atoms with Gasteiger partial charge in [-0.1, -0.05) is 17.7 Å². The van der Waals surface area contributed by atoms with Gasteiger partial charge in [-0.05, 0) is 24.3 Å².